The number of aromatic amines is 5. The maximum absolute atomic E-state index is 14.7. The first-order valence-corrected chi connectivity index (χ1v) is 47.4. The highest BCUT2D eigenvalue weighted by Crippen LogP contribution is 2.57. The molecule has 6 aliphatic heterocycles. The number of nitrogen functional groups attached to an aromatic ring is 5. The monoisotopic (exact) mass is 1960 g/mol. The predicted molar refractivity (Wildman–Crippen MR) is 443 cm³/mol. The van der Waals surface area contributed by atoms with Crippen LogP contribution in [0.5, 0.6) is 0 Å². The second-order valence-electron chi connectivity index (χ2n) is 31.0. The lowest BCUT2D eigenvalue weighted by Gasteiger charge is -2.26. The van der Waals surface area contributed by atoms with Crippen molar-refractivity contribution in [3.05, 3.63) is 148 Å². The standard InChI is InChI=1S/C67H80N27O34P5/c1-27-13-89(67(101)88-58(27)96)42-8-30(36(119-42)15-112-14-28-5-3-2-4-6-28)124-130(104,105)114-18-38-32(10-44(121-38)92-24-77-49-55(92)81-64(70)85-60(49)98)127-132(108,109)116-20-40-34(12-46(123-40)94-26-79-51-57(94)83-66(72)87-62(51)100)128-133(110,111)117-19-39-33(11-45(122-39)93-25-78-50-56(93)82-65(71)86-61(50)99)126-131(106,107)115-17-37-31(9-43(120-37)90-22-75-47-52(68)73-21-74-53(47)90)125-129(102,103)113-16-35-29(95)7-41(118-35)91-23-76-48-54(91)80-63(69)84-59(48)97/h2-6,13,21-26,29-46,95H,7-12,14-20H2,1H3,(H,102,103)(H,104,105)(H,106,107)(H,108,109)(H,110,111)(H2,68,73,74)(H,88,96,101)(H3,69,80,84,97)(H3,70,81,85,98)(H3,71,82,86,99)(H3,72,83,87,100)/t29-,30-,31-,32-,33-,34-,35+,36+,37+,38+,39+,40+,41+,42+,43?,44+,45+,46+/m0/s1. The third-order valence-corrected chi connectivity index (χ3v) is 27.1. The van der Waals surface area contributed by atoms with E-state index in [-0.39, 0.29) is 112 Å². The number of imidazole rings is 5. The van der Waals surface area contributed by atoms with E-state index in [2.05, 4.69) is 79.7 Å². The van der Waals surface area contributed by atoms with Crippen LogP contribution in [0.25, 0.3) is 55.8 Å². The maximum atomic E-state index is 14.7. The molecule has 0 aliphatic carbocycles. The predicted octanol–water partition coefficient (Wildman–Crippen LogP) is -1.06. The van der Waals surface area contributed by atoms with Crippen LogP contribution < -0.4 is 62.2 Å². The Labute approximate surface area is 738 Å². The maximum Gasteiger partial charge on any atom is 0.472 e. The van der Waals surface area contributed by atoms with E-state index in [1.54, 1.807) is 30.3 Å². The Morgan fingerprint density at radius 1 is 0.376 bits per heavy atom. The van der Waals surface area contributed by atoms with Gasteiger partial charge < -0.3 is 91.4 Å². The van der Waals surface area contributed by atoms with E-state index in [1.165, 1.54) is 39.5 Å². The van der Waals surface area contributed by atoms with Crippen molar-refractivity contribution < 1.29 is 131 Å². The Hall–Kier alpha value is -10.9. The zero-order chi connectivity index (χ0) is 93.6. The van der Waals surface area contributed by atoms with Gasteiger partial charge in [-0.15, -0.1) is 0 Å². The number of aromatic nitrogens is 22. The molecule has 11 aromatic heterocycles. The lowest BCUT2D eigenvalue weighted by molar-refractivity contribution is -0.0711. The molecule has 61 nitrogen and oxygen atoms in total. The summed E-state index contributed by atoms with van der Waals surface area (Å²) >= 11 is 0. The third kappa shape index (κ3) is 20.0. The number of benzene rings is 1. The van der Waals surface area contributed by atoms with Crippen LogP contribution in [0.15, 0.2) is 103 Å². The van der Waals surface area contributed by atoms with Gasteiger partial charge in [0.15, 0.2) is 56.1 Å². The van der Waals surface area contributed by atoms with Crippen LogP contribution >= 0.6 is 39.1 Å². The average Bonchev–Trinajstić information content (AvgIpc) is 1.63. The summed E-state index contributed by atoms with van der Waals surface area (Å²) in [6, 6.07) is 8.89. The summed E-state index contributed by atoms with van der Waals surface area (Å²) in [5.41, 5.74) is 24.6. The highest BCUT2D eigenvalue weighted by molar-refractivity contribution is 7.48. The van der Waals surface area contributed by atoms with Crippen molar-refractivity contribution in [3.63, 3.8) is 0 Å². The van der Waals surface area contributed by atoms with E-state index in [0.29, 0.717) is 0 Å². The molecule has 0 radical (unpaired) electrons. The highest BCUT2D eigenvalue weighted by atomic mass is 31.2. The largest absolute Gasteiger partial charge is 0.472 e. The van der Waals surface area contributed by atoms with Crippen molar-refractivity contribution in [2.45, 2.75) is 163 Å². The molecular weight excluding hydrogens is 1880 g/mol. The molecule has 6 aliphatic rings. The number of H-pyrrole nitrogens is 5. The number of nitrogens with two attached hydrogens (primary N) is 5. The summed E-state index contributed by atoms with van der Waals surface area (Å²) in [5.74, 6) is -1.45. The molecule has 0 spiro atoms. The molecule has 12 aromatic rings. The van der Waals surface area contributed by atoms with Gasteiger partial charge in [0.05, 0.1) is 84.0 Å². The summed E-state index contributed by atoms with van der Waals surface area (Å²) in [5, 5.41) is 11.1. The summed E-state index contributed by atoms with van der Waals surface area (Å²) < 4.78 is 179. The molecule has 17 heterocycles. The number of aliphatic hydroxyl groups is 1. The van der Waals surface area contributed by atoms with Crippen LogP contribution in [-0.2, 0) is 108 Å². The number of phosphoric acid groups is 5. The van der Waals surface area contributed by atoms with E-state index in [9.17, 15) is 81.2 Å². The molecule has 0 bridgehead atoms. The van der Waals surface area contributed by atoms with Gasteiger partial charge in [0.25, 0.3) is 27.8 Å². The number of aryl methyl sites for hydroxylation is 1. The minimum absolute atomic E-state index is 0.00307. The minimum atomic E-state index is -5.69. The molecule has 23 atom stereocenters. The Morgan fingerprint density at radius 3 is 1.03 bits per heavy atom. The van der Waals surface area contributed by atoms with Gasteiger partial charge >= 0.3 is 44.8 Å². The Kier molecular flexibility index (Phi) is 25.5. The molecule has 1 aromatic carbocycles. The minimum Gasteiger partial charge on any atom is -0.390 e. The van der Waals surface area contributed by atoms with Crippen molar-refractivity contribution >= 4 is 125 Å². The summed E-state index contributed by atoms with van der Waals surface area (Å²) in [4.78, 5) is 192. The van der Waals surface area contributed by atoms with Crippen molar-refractivity contribution in [2.75, 3.05) is 68.3 Å². The molecule has 6 fully saturated rings. The summed E-state index contributed by atoms with van der Waals surface area (Å²) in [7, 11) is -27.6. The quantitative estimate of drug-likeness (QED) is 0.0211. The Bertz CT molecular complexity index is 7070. The van der Waals surface area contributed by atoms with E-state index in [4.69, 9.17) is 107 Å². The van der Waals surface area contributed by atoms with Crippen LogP contribution in [0.2, 0.25) is 0 Å². The number of aliphatic hydroxyl groups excluding tert-OH is 1. The number of anilines is 5. The van der Waals surface area contributed by atoms with Crippen LogP contribution in [-0.4, -0.2) is 250 Å². The van der Waals surface area contributed by atoms with Gasteiger partial charge in [-0.3, -0.25) is 122 Å². The molecular formula is C67H80N27O34P5. The first kappa shape index (κ1) is 92.5. The number of ether oxygens (including phenoxy) is 7. The van der Waals surface area contributed by atoms with E-state index in [1.807, 2.05) is 0 Å². The zero-order valence-corrected chi connectivity index (χ0v) is 72.8. The number of nitrogens with one attached hydrogen (secondary N) is 5. The lowest BCUT2D eigenvalue weighted by Crippen LogP contribution is -2.33. The van der Waals surface area contributed by atoms with E-state index in [0.717, 1.165) is 44.6 Å². The fourth-order valence-electron chi connectivity index (χ4n) is 15.9. The number of rotatable bonds is 35. The van der Waals surface area contributed by atoms with Gasteiger partial charge in [-0.1, -0.05) is 30.3 Å². The number of phosphoric ester groups is 5. The third-order valence-electron chi connectivity index (χ3n) is 22.1. The zero-order valence-electron chi connectivity index (χ0n) is 68.4. The van der Waals surface area contributed by atoms with Crippen molar-refractivity contribution in [2.24, 2.45) is 0 Å². The van der Waals surface area contributed by atoms with Crippen molar-refractivity contribution in [1.29, 1.82) is 0 Å². The number of hydrogen-bond acceptors (Lipinski definition) is 45. The fraction of sp³-hybridized carbons (Fsp3) is 0.478. The lowest BCUT2D eigenvalue weighted by atomic mass is 10.2. The number of nitrogens with zero attached hydrogens (tertiary/aromatic N) is 17. The molecule has 133 heavy (non-hydrogen) atoms. The fourth-order valence-corrected chi connectivity index (χ4v) is 20.7. The second kappa shape index (κ2) is 36.7. The first-order chi connectivity index (χ1) is 63.3. The second-order valence-corrected chi connectivity index (χ2v) is 38.0. The van der Waals surface area contributed by atoms with Gasteiger partial charge in [0.1, 0.15) is 116 Å². The van der Waals surface area contributed by atoms with Gasteiger partial charge in [-0.25, -0.2) is 62.5 Å². The topological polar surface area (TPSA) is 846 Å². The molecule has 0 amide bonds. The molecule has 0 saturated carbocycles. The van der Waals surface area contributed by atoms with Gasteiger partial charge in [0.2, 0.25) is 23.8 Å². The Balaban J connectivity index is 0.572. The molecule has 21 N–H and O–H groups in total. The van der Waals surface area contributed by atoms with Crippen LogP contribution in [0.4, 0.5) is 29.6 Å². The number of fused-ring (bicyclic) bond motifs is 5. The van der Waals surface area contributed by atoms with Crippen LogP contribution in [0, 0.1) is 6.92 Å². The van der Waals surface area contributed by atoms with Gasteiger partial charge in [0, 0.05) is 50.3 Å². The van der Waals surface area contributed by atoms with Gasteiger partial charge in [-0.2, -0.15) is 19.9 Å². The first-order valence-electron chi connectivity index (χ1n) is 39.9. The molecule has 18 rings (SSSR count). The molecule has 712 valence electrons. The van der Waals surface area contributed by atoms with Gasteiger partial charge in [-0.05, 0) is 12.5 Å². The molecule has 66 heteroatoms. The summed E-state index contributed by atoms with van der Waals surface area (Å²) in [6.45, 7) is -3.88. The Morgan fingerprint density at radius 2 is 0.677 bits per heavy atom. The molecule has 6 unspecified atom stereocenters. The average molecular weight is 1960 g/mol. The van der Waals surface area contributed by atoms with Crippen molar-refractivity contribution in [1.82, 2.24) is 107 Å². The number of hydrogen-bond donors (Lipinski definition) is 16. The smallest absolute Gasteiger partial charge is 0.390 e. The molecule has 6 saturated heterocycles. The summed E-state index contributed by atoms with van der Waals surface area (Å²) in [6.07, 6.45) is -21.1. The SMILES string of the molecule is Cc1cn([C@H]2C[C@H](OP(=O)(O)OC[C@H]3O[C@@H](n4cnc5c(=O)[nH]c(N)nc54)C[C@@H]3OP(=O)(O)OC[C@H]3O[C@@H](n4cnc5c(=O)[nH]c(N)nc54)C[C@@H]3OP(=O)(O)OC[C@H]3O[C@@H](n4cnc5c(=O)[nH]c(N)nc54)C[C@@H]3OP(=O)(O)OC[C@H]3OC(n4cnc5c(N)ncnc54)C[C@@H]3OP(=O)(O)OC[C@H]3O[C@@H](n4cnc5c(=O)[nH]c(N)nc54)C[C@@H]3O)[C@@H](COCc3ccccc3)O2)c(=O)[nH]c1=O. The van der Waals surface area contributed by atoms with Crippen LogP contribution in [0.3, 0.4) is 0 Å². The van der Waals surface area contributed by atoms with Crippen LogP contribution in [0.1, 0.15) is 87.0 Å². The van der Waals surface area contributed by atoms with E-state index >= 15 is 0 Å². The van der Waals surface area contributed by atoms with Crippen molar-refractivity contribution in [3.8, 4) is 0 Å². The highest BCUT2D eigenvalue weighted by Gasteiger charge is 2.52. The normalized spacial score (nSPS) is 28.0. The van der Waals surface area contributed by atoms with E-state index < -0.39 is 247 Å².